The van der Waals surface area contributed by atoms with E-state index in [1.807, 2.05) is 20.8 Å². The Morgan fingerprint density at radius 1 is 1.43 bits per heavy atom. The fraction of sp³-hybridized carbons (Fsp3) is 0.500. The van der Waals surface area contributed by atoms with E-state index in [1.165, 1.54) is 6.07 Å². The lowest BCUT2D eigenvalue weighted by Crippen LogP contribution is -2.53. The predicted molar refractivity (Wildman–Crippen MR) is 79.5 cm³/mol. The second-order valence-corrected chi connectivity index (χ2v) is 6.01. The number of rotatable bonds is 2. The van der Waals surface area contributed by atoms with Crippen LogP contribution in [0.3, 0.4) is 0 Å². The fourth-order valence-corrected chi connectivity index (χ4v) is 2.23. The van der Waals surface area contributed by atoms with Crippen LogP contribution in [-0.4, -0.2) is 17.1 Å². The molecule has 1 aromatic carbocycles. The minimum atomic E-state index is -4.39. The summed E-state index contributed by atoms with van der Waals surface area (Å²) in [7, 11) is 0. The smallest absolute Gasteiger partial charge is 0.416 e. The highest BCUT2D eigenvalue weighted by Gasteiger charge is 2.36. The van der Waals surface area contributed by atoms with Crippen LogP contribution in [0.2, 0.25) is 0 Å². The van der Waals surface area contributed by atoms with Crippen molar-refractivity contribution in [1.29, 1.82) is 0 Å². The molecule has 1 aromatic rings. The number of fused-ring (bicyclic) bond motifs is 1. The second kappa shape index (κ2) is 5.36. The van der Waals surface area contributed by atoms with Crippen molar-refractivity contribution in [3.05, 3.63) is 23.8 Å². The standard InChI is InChI=1S/C14H17F3N2OS/c1-4-12(21)18-19-8-13(2,3)20-11-6-5-9(7-10(11)19)14(15,16)17/h5-7H,4,8H2,1-3H3,(H,18,21). The van der Waals surface area contributed by atoms with E-state index >= 15 is 0 Å². The molecule has 1 N–H and O–H groups in total. The molecule has 2 rings (SSSR count). The van der Waals surface area contributed by atoms with Gasteiger partial charge >= 0.3 is 6.18 Å². The van der Waals surface area contributed by atoms with Gasteiger partial charge in [-0.25, -0.2) is 0 Å². The Kier molecular flexibility index (Phi) is 4.06. The van der Waals surface area contributed by atoms with Crippen LogP contribution in [0.25, 0.3) is 0 Å². The normalized spacial score (nSPS) is 17.0. The SMILES string of the molecule is CCC(=S)NN1CC(C)(C)Oc2ccc(C(F)(F)F)cc21. The summed E-state index contributed by atoms with van der Waals surface area (Å²) in [4.78, 5) is 0.566. The highest BCUT2D eigenvalue weighted by atomic mass is 32.1. The van der Waals surface area contributed by atoms with Crippen LogP contribution in [0.15, 0.2) is 18.2 Å². The maximum absolute atomic E-state index is 12.9. The molecule has 0 saturated heterocycles. The molecule has 0 aromatic heterocycles. The third-order valence-corrected chi connectivity index (χ3v) is 3.46. The molecule has 7 heteroatoms. The van der Waals surface area contributed by atoms with Crippen LogP contribution in [0.4, 0.5) is 18.9 Å². The summed E-state index contributed by atoms with van der Waals surface area (Å²) >= 11 is 5.13. The average Bonchev–Trinajstić information content (AvgIpc) is 2.35. The molecule has 0 aliphatic carbocycles. The number of hydrogen-bond donors (Lipinski definition) is 1. The number of nitrogens with zero attached hydrogens (tertiary/aromatic N) is 1. The second-order valence-electron chi connectivity index (χ2n) is 5.52. The highest BCUT2D eigenvalue weighted by Crippen LogP contribution is 2.40. The molecule has 0 spiro atoms. The predicted octanol–water partition coefficient (Wildman–Crippen LogP) is 3.92. The zero-order valence-electron chi connectivity index (χ0n) is 12.0. The average molecular weight is 318 g/mol. The Morgan fingerprint density at radius 2 is 2.10 bits per heavy atom. The summed E-state index contributed by atoms with van der Waals surface area (Å²) < 4.78 is 44.3. The van der Waals surface area contributed by atoms with Crippen molar-refractivity contribution in [2.75, 3.05) is 11.6 Å². The molecule has 0 radical (unpaired) electrons. The van der Waals surface area contributed by atoms with Crippen LogP contribution >= 0.6 is 12.2 Å². The number of ether oxygens (including phenoxy) is 1. The monoisotopic (exact) mass is 318 g/mol. The molecule has 21 heavy (non-hydrogen) atoms. The van der Waals surface area contributed by atoms with E-state index in [2.05, 4.69) is 5.43 Å². The Hall–Kier alpha value is -1.50. The first-order valence-corrected chi connectivity index (χ1v) is 7.00. The third kappa shape index (κ3) is 3.58. The van der Waals surface area contributed by atoms with Gasteiger partial charge in [-0.15, -0.1) is 0 Å². The fourth-order valence-electron chi connectivity index (χ4n) is 2.12. The minimum absolute atomic E-state index is 0.347. The number of anilines is 1. The number of thiocarbonyl (C=S) groups is 1. The van der Waals surface area contributed by atoms with Gasteiger partial charge in [-0.3, -0.25) is 10.4 Å². The molecule has 0 atom stereocenters. The van der Waals surface area contributed by atoms with Crippen molar-refractivity contribution in [2.45, 2.75) is 39.0 Å². The van der Waals surface area contributed by atoms with Gasteiger partial charge in [-0.1, -0.05) is 19.1 Å². The van der Waals surface area contributed by atoms with Gasteiger partial charge < -0.3 is 4.74 Å². The summed E-state index contributed by atoms with van der Waals surface area (Å²) in [5, 5.41) is 1.62. The summed E-state index contributed by atoms with van der Waals surface area (Å²) in [5.74, 6) is 0.408. The molecule has 0 amide bonds. The zero-order valence-corrected chi connectivity index (χ0v) is 12.9. The van der Waals surface area contributed by atoms with Crippen LogP contribution in [-0.2, 0) is 6.18 Å². The summed E-state index contributed by atoms with van der Waals surface area (Å²) in [5.41, 5.74) is 2.09. The van der Waals surface area contributed by atoms with Crippen molar-refractivity contribution in [3.63, 3.8) is 0 Å². The molecule has 0 bridgehead atoms. The Bertz CT molecular complexity index is 558. The third-order valence-electron chi connectivity index (χ3n) is 3.08. The number of hydrazine groups is 1. The van der Waals surface area contributed by atoms with E-state index in [4.69, 9.17) is 17.0 Å². The maximum Gasteiger partial charge on any atom is 0.416 e. The van der Waals surface area contributed by atoms with Gasteiger partial charge in [0.15, 0.2) is 0 Å². The first-order chi connectivity index (χ1) is 9.62. The van der Waals surface area contributed by atoms with Crippen molar-refractivity contribution >= 4 is 22.9 Å². The molecule has 0 saturated carbocycles. The van der Waals surface area contributed by atoms with Crippen molar-refractivity contribution in [1.82, 2.24) is 5.43 Å². The first-order valence-electron chi connectivity index (χ1n) is 6.60. The lowest BCUT2D eigenvalue weighted by atomic mass is 10.1. The van der Waals surface area contributed by atoms with E-state index < -0.39 is 17.3 Å². The molecule has 0 unspecified atom stereocenters. The number of benzene rings is 1. The lowest BCUT2D eigenvalue weighted by molar-refractivity contribution is -0.137. The molecular formula is C14H17F3N2OS. The topological polar surface area (TPSA) is 24.5 Å². The van der Waals surface area contributed by atoms with Crippen LogP contribution in [0, 0.1) is 0 Å². The highest BCUT2D eigenvalue weighted by molar-refractivity contribution is 7.80. The maximum atomic E-state index is 12.9. The summed E-state index contributed by atoms with van der Waals surface area (Å²) in [6.07, 6.45) is -3.78. The molecule has 0 fully saturated rings. The summed E-state index contributed by atoms with van der Waals surface area (Å²) in [6, 6.07) is 3.45. The van der Waals surface area contributed by atoms with E-state index in [1.54, 1.807) is 5.01 Å². The number of alkyl halides is 3. The van der Waals surface area contributed by atoms with Crippen molar-refractivity contribution in [2.24, 2.45) is 0 Å². The number of hydrogen-bond acceptors (Lipinski definition) is 3. The molecule has 1 heterocycles. The van der Waals surface area contributed by atoms with Gasteiger partial charge in [-0.2, -0.15) is 13.2 Å². The van der Waals surface area contributed by atoms with Gasteiger partial charge in [0.05, 0.1) is 22.8 Å². The molecule has 1 aliphatic heterocycles. The van der Waals surface area contributed by atoms with Gasteiger partial charge in [0, 0.05) is 0 Å². The minimum Gasteiger partial charge on any atom is -0.484 e. The molecule has 1 aliphatic rings. The Morgan fingerprint density at radius 3 is 2.67 bits per heavy atom. The quantitative estimate of drug-likeness (QED) is 0.835. The first kappa shape index (κ1) is 15.9. The van der Waals surface area contributed by atoms with Crippen LogP contribution in [0.1, 0.15) is 32.8 Å². The Balaban J connectivity index is 2.43. The number of halogens is 3. The van der Waals surface area contributed by atoms with E-state index in [9.17, 15) is 13.2 Å². The van der Waals surface area contributed by atoms with E-state index in [0.717, 1.165) is 12.1 Å². The zero-order chi connectivity index (χ0) is 15.8. The van der Waals surface area contributed by atoms with Crippen molar-refractivity contribution < 1.29 is 17.9 Å². The number of nitrogens with one attached hydrogen (secondary N) is 1. The van der Waals surface area contributed by atoms with Crippen molar-refractivity contribution in [3.8, 4) is 5.75 Å². The van der Waals surface area contributed by atoms with Gasteiger partial charge in [0.2, 0.25) is 0 Å². The lowest BCUT2D eigenvalue weighted by Gasteiger charge is -2.41. The van der Waals surface area contributed by atoms with Gasteiger partial charge in [0.25, 0.3) is 0 Å². The molecule has 3 nitrogen and oxygen atoms in total. The largest absolute Gasteiger partial charge is 0.484 e. The van der Waals surface area contributed by atoms with Crippen LogP contribution in [0.5, 0.6) is 5.75 Å². The molecule has 116 valence electrons. The molecular weight excluding hydrogens is 301 g/mol. The van der Waals surface area contributed by atoms with E-state index in [0.29, 0.717) is 29.4 Å². The Labute approximate surface area is 127 Å². The summed E-state index contributed by atoms with van der Waals surface area (Å²) in [6.45, 7) is 6.02. The van der Waals surface area contributed by atoms with Gasteiger partial charge in [0.1, 0.15) is 11.4 Å². The van der Waals surface area contributed by atoms with E-state index in [-0.39, 0.29) is 0 Å². The van der Waals surface area contributed by atoms with Crippen LogP contribution < -0.4 is 15.2 Å². The van der Waals surface area contributed by atoms with Gasteiger partial charge in [-0.05, 0) is 38.5 Å².